The van der Waals surface area contributed by atoms with E-state index in [1.807, 2.05) is 116 Å². The number of benzene rings is 3. The number of alkyl carbamates (subject to hydrolysis) is 4. The molecule has 28 heteroatoms. The van der Waals surface area contributed by atoms with E-state index in [-0.39, 0.29) is 110 Å². The van der Waals surface area contributed by atoms with Crippen LogP contribution in [-0.4, -0.2) is 152 Å². The number of aliphatic carboxylic acids is 1. The second-order valence-corrected chi connectivity index (χ2v) is 29.7. The molecule has 117 heavy (non-hydrogen) atoms. The number of nitrogens with one attached hydrogen (secondary N) is 4. The van der Waals surface area contributed by atoms with Crippen LogP contribution in [0.5, 0.6) is 0 Å². The normalized spacial score (nSPS) is 25.6. The Morgan fingerprint density at radius 2 is 0.974 bits per heavy atom. The lowest BCUT2D eigenvalue weighted by Gasteiger charge is -2.46. The third kappa shape index (κ3) is 29.3. The standard InChI is InChI=1S/2C24H29NO6.C24H27NO6.C17H25NO6/c1-3-29-24(28)25-17-9-10-18-16(11-17)12-19-20(14(2)31-22(19)26)21(18)23(27)30-13-15-7-5-4-6-8-15;2*1-3-29-24(28)25-21-11-7-10-19(16-21)13-15-23(27)31-18(2)12-14-22(26)30-17-20-8-5-4-6-9-20;1-3-23-17(22)18-10-4-5-11-9(6-10)7-12-13(14(11)15(19)20)8(2)24-16(12)21/h4-8,12,14,17-21H,3,9-11,13H2,1-2H3,(H,25,28);4-6,8-10,12-15,18,21H,3,7,11,16-17H2,1-2H3,(H,25,28);4-6,8-10,13,15,18,21H,3,7,11,16-17H2,1-2H3,(H,25,28);8-14H,3-7H2,1-2H3,(H,18,22)(H,19,20)/b;14-12-,15-13+;15-13+;/t14-,17-,18-,19-,20-,21+;18?,21-;18-,21-;8-,9?,10-,11-,12-,13-,14+/m1111/s1. The molecule has 0 aromatic heterocycles. The van der Waals surface area contributed by atoms with Crippen LogP contribution in [-0.2, 0) is 110 Å². The number of carbonyl (C=O) groups is 12. The molecule has 3 aromatic carbocycles. The van der Waals surface area contributed by atoms with E-state index in [1.54, 1.807) is 60.6 Å². The molecular formula is C89H110N4O24. The monoisotopic (exact) mass is 1620 g/mol. The highest BCUT2D eigenvalue weighted by molar-refractivity contribution is 5.89. The number of rotatable bonds is 24. The van der Waals surface area contributed by atoms with E-state index in [0.29, 0.717) is 58.5 Å². The van der Waals surface area contributed by atoms with E-state index in [2.05, 4.69) is 33.1 Å². The molecule has 630 valence electrons. The maximum Gasteiger partial charge on any atom is 0.407 e. The molecule has 3 saturated carbocycles. The molecular weight excluding hydrogens is 1510 g/mol. The van der Waals surface area contributed by atoms with Crippen LogP contribution >= 0.6 is 0 Å². The summed E-state index contributed by atoms with van der Waals surface area (Å²) < 4.78 is 56.8. The van der Waals surface area contributed by atoms with Crippen LogP contribution in [0.25, 0.3) is 0 Å². The summed E-state index contributed by atoms with van der Waals surface area (Å²) in [4.78, 5) is 144. The van der Waals surface area contributed by atoms with E-state index >= 15 is 0 Å². The number of carboxylic acid groups (broad SMARTS) is 1. The Morgan fingerprint density at radius 3 is 1.50 bits per heavy atom. The predicted octanol–water partition coefficient (Wildman–Crippen LogP) is 12.6. The van der Waals surface area contributed by atoms with Gasteiger partial charge in [-0.25, -0.2) is 38.4 Å². The van der Waals surface area contributed by atoms with Crippen molar-refractivity contribution in [2.75, 3.05) is 26.4 Å². The molecule has 2 aliphatic heterocycles. The number of ether oxygens (including phenoxy) is 11. The Balaban J connectivity index is 0.000000196. The van der Waals surface area contributed by atoms with Crippen molar-refractivity contribution < 1.29 is 115 Å². The van der Waals surface area contributed by atoms with Crippen molar-refractivity contribution >= 4 is 72.1 Å². The summed E-state index contributed by atoms with van der Waals surface area (Å²) >= 11 is 0. The van der Waals surface area contributed by atoms with E-state index in [4.69, 9.17) is 52.1 Å². The Kier molecular flexibility index (Phi) is 36.5. The summed E-state index contributed by atoms with van der Waals surface area (Å²) in [7, 11) is 0. The Labute approximate surface area is 682 Å². The highest BCUT2D eigenvalue weighted by Gasteiger charge is 2.58. The molecule has 17 atom stereocenters. The van der Waals surface area contributed by atoms with Gasteiger partial charge in [0.25, 0.3) is 0 Å². The average Bonchev–Trinajstić information content (AvgIpc) is 1.66. The van der Waals surface area contributed by atoms with Crippen molar-refractivity contribution in [3.05, 3.63) is 179 Å². The molecule has 11 rings (SSSR count). The van der Waals surface area contributed by atoms with Crippen molar-refractivity contribution in [1.29, 1.82) is 0 Å². The maximum absolute atomic E-state index is 13.3. The summed E-state index contributed by atoms with van der Waals surface area (Å²) in [6, 6.07) is 28.0. The first kappa shape index (κ1) is 91.0. The summed E-state index contributed by atoms with van der Waals surface area (Å²) in [5.41, 5.74) is 5.57. The number of carbonyl (C=O) groups excluding carboxylic acids is 11. The minimum absolute atomic E-state index is 0.0123. The van der Waals surface area contributed by atoms with Crippen LogP contribution in [0, 0.1) is 65.1 Å². The smallest absolute Gasteiger partial charge is 0.407 e. The molecule has 2 heterocycles. The minimum atomic E-state index is -0.832. The van der Waals surface area contributed by atoms with E-state index in [9.17, 15) is 62.6 Å². The highest BCUT2D eigenvalue weighted by Crippen LogP contribution is 2.54. The van der Waals surface area contributed by atoms with Crippen molar-refractivity contribution in [1.82, 2.24) is 21.3 Å². The first-order chi connectivity index (χ1) is 56.3. The van der Waals surface area contributed by atoms with Crippen LogP contribution in [0.3, 0.4) is 0 Å². The molecule has 0 bridgehead atoms. The fraction of sp³-hybridized carbons (Fsp3) is 0.506. The maximum atomic E-state index is 13.3. The van der Waals surface area contributed by atoms with Gasteiger partial charge in [-0.05, 0) is 196 Å². The van der Waals surface area contributed by atoms with Gasteiger partial charge >= 0.3 is 72.1 Å². The van der Waals surface area contributed by atoms with Crippen molar-refractivity contribution in [3.8, 4) is 11.8 Å². The third-order valence-electron chi connectivity index (χ3n) is 21.4. The van der Waals surface area contributed by atoms with Crippen LogP contribution in [0.4, 0.5) is 19.2 Å². The second-order valence-electron chi connectivity index (χ2n) is 29.7. The van der Waals surface area contributed by atoms with Gasteiger partial charge in [-0.15, -0.1) is 0 Å². The second kappa shape index (κ2) is 46.9. The lowest BCUT2D eigenvalue weighted by Crippen LogP contribution is -2.51. The van der Waals surface area contributed by atoms with Gasteiger partial charge in [0.1, 0.15) is 38.1 Å². The number of esters is 7. The van der Waals surface area contributed by atoms with Crippen molar-refractivity contribution in [2.24, 2.45) is 53.3 Å². The minimum Gasteiger partial charge on any atom is -0.481 e. The molecule has 28 nitrogen and oxygen atoms in total. The van der Waals surface area contributed by atoms with E-state index < -0.39 is 84.2 Å². The number of allylic oxidation sites excluding steroid dienone is 4. The summed E-state index contributed by atoms with van der Waals surface area (Å²) in [6.07, 6.45) is 20.3. The molecule has 5 N–H and O–H groups in total. The summed E-state index contributed by atoms with van der Waals surface area (Å²) in [6.45, 7) is 15.7. The average molecular weight is 1620 g/mol. The zero-order valence-corrected chi connectivity index (χ0v) is 67.7. The summed E-state index contributed by atoms with van der Waals surface area (Å²) in [5, 5.41) is 21.1. The predicted molar refractivity (Wildman–Crippen MR) is 425 cm³/mol. The Bertz CT molecular complexity index is 4150. The van der Waals surface area contributed by atoms with Gasteiger partial charge in [0, 0.05) is 60.2 Å². The topological polar surface area (TPSA) is 375 Å². The number of fused-ring (bicyclic) bond motifs is 4. The van der Waals surface area contributed by atoms with Crippen LogP contribution in [0.2, 0.25) is 0 Å². The van der Waals surface area contributed by atoms with E-state index in [0.717, 1.165) is 84.8 Å². The zero-order chi connectivity index (χ0) is 84.3. The molecule has 8 aliphatic rings. The van der Waals surface area contributed by atoms with Gasteiger partial charge in [0.15, 0.2) is 6.10 Å². The zero-order valence-electron chi connectivity index (χ0n) is 67.7. The van der Waals surface area contributed by atoms with Gasteiger partial charge in [-0.1, -0.05) is 127 Å². The van der Waals surface area contributed by atoms with Crippen molar-refractivity contribution in [2.45, 2.75) is 207 Å². The lowest BCUT2D eigenvalue weighted by atomic mass is 9.57. The molecule has 2 saturated heterocycles. The number of hydrogen-bond donors (Lipinski definition) is 5. The first-order valence-electron chi connectivity index (χ1n) is 40.4. The van der Waals surface area contributed by atoms with E-state index in [1.165, 1.54) is 24.3 Å². The lowest BCUT2D eigenvalue weighted by molar-refractivity contribution is -0.156. The largest absolute Gasteiger partial charge is 0.481 e. The SMILES string of the molecule is CCOC(=O)N[C@@H]1CCC=C(/C=C/C(=O)OC(C)/C=C\C(=O)OCc2ccccc2)C1.CCOC(=O)N[C@@H]1CCC=C(/C=C/C(=O)O[C@H](C)C#CC(=O)OCc2ccccc2)C1.CCOC(=O)N[C@@H]1CC[C@@H]2C(=C[C@H]3C(=O)O[C@H](C)[C@H]3[C@H]2C(=O)OCc2ccccc2)C1.CCOC(=O)N[C@@H]1CC[C@@H]2C(C1)C[C@H]1C(=O)O[C@H](C)[C@H]1[C@H]2C(=O)O. The first-order valence-corrected chi connectivity index (χ1v) is 40.4. The third-order valence-corrected chi connectivity index (χ3v) is 21.4. The molecule has 5 fully saturated rings. The quantitative estimate of drug-likeness (QED) is 0.0139. The number of carboxylic acids is 1. The number of hydrogen-bond acceptors (Lipinski definition) is 23. The molecule has 4 amide bonds. The molecule has 0 spiro atoms. The van der Waals surface area contributed by atoms with Crippen LogP contribution < -0.4 is 21.3 Å². The van der Waals surface area contributed by atoms with Gasteiger partial charge in [-0.3, -0.25) is 19.2 Å². The fourth-order valence-electron chi connectivity index (χ4n) is 16.2. The van der Waals surface area contributed by atoms with Crippen LogP contribution in [0.1, 0.15) is 156 Å². The Morgan fingerprint density at radius 1 is 0.504 bits per heavy atom. The Hall–Kier alpha value is -11.5. The number of cyclic esters (lactones) is 2. The molecule has 3 aromatic rings. The molecule has 0 radical (unpaired) electrons. The molecule has 2 unspecified atom stereocenters. The van der Waals surface area contributed by atoms with Gasteiger partial charge in [0.05, 0.1) is 50.1 Å². The fourth-order valence-corrected chi connectivity index (χ4v) is 16.2. The van der Waals surface area contributed by atoms with Gasteiger partial charge in [0.2, 0.25) is 0 Å². The summed E-state index contributed by atoms with van der Waals surface area (Å²) in [5.74, 6) is -1.13. The van der Waals surface area contributed by atoms with Crippen LogP contribution in [0.15, 0.2) is 162 Å². The van der Waals surface area contributed by atoms with Crippen molar-refractivity contribution in [3.63, 3.8) is 0 Å². The highest BCUT2D eigenvalue weighted by atomic mass is 16.6. The van der Waals surface area contributed by atoms with Gasteiger partial charge in [-0.2, -0.15) is 0 Å². The van der Waals surface area contributed by atoms with Gasteiger partial charge < -0.3 is 78.5 Å². The number of amides is 4. The molecule has 6 aliphatic carbocycles.